The quantitative estimate of drug-likeness (QED) is 0.715. The number of amides is 2. The maximum atomic E-state index is 12.9. The summed E-state index contributed by atoms with van der Waals surface area (Å²) in [5, 5.41) is 7.70. The van der Waals surface area contributed by atoms with Gasteiger partial charge < -0.3 is 26.2 Å². The first kappa shape index (κ1) is 17.7. The van der Waals surface area contributed by atoms with Crippen LogP contribution in [-0.2, 0) is 4.79 Å². The number of anilines is 2. The van der Waals surface area contributed by atoms with E-state index >= 15 is 0 Å². The summed E-state index contributed by atoms with van der Waals surface area (Å²) >= 11 is 1.35. The minimum absolute atomic E-state index is 0.0946. The molecule has 0 aliphatic carbocycles. The molecule has 0 spiro atoms. The molecule has 2 amide bonds. The van der Waals surface area contributed by atoms with Gasteiger partial charge in [-0.05, 0) is 31.9 Å². The van der Waals surface area contributed by atoms with Gasteiger partial charge in [0.1, 0.15) is 9.71 Å². The van der Waals surface area contributed by atoms with Gasteiger partial charge in [-0.3, -0.25) is 9.59 Å². The van der Waals surface area contributed by atoms with Crippen LogP contribution in [0.25, 0.3) is 10.2 Å². The van der Waals surface area contributed by atoms with Crippen LogP contribution in [-0.4, -0.2) is 60.6 Å². The fourth-order valence-corrected chi connectivity index (χ4v) is 5.72. The lowest BCUT2D eigenvalue weighted by atomic mass is 9.99. The molecule has 3 aliphatic rings. The smallest absolute Gasteiger partial charge is 0.261 e. The Morgan fingerprint density at radius 1 is 1.32 bits per heavy atom. The maximum Gasteiger partial charge on any atom is 0.261 e. The summed E-state index contributed by atoms with van der Waals surface area (Å²) in [6.07, 6.45) is 4.62. The summed E-state index contributed by atoms with van der Waals surface area (Å²) in [5.74, 6) is -0.0684. The number of piperidine rings is 1. The lowest BCUT2D eigenvalue weighted by Crippen LogP contribution is -2.53. The Hall–Kier alpha value is -2.39. The average Bonchev–Trinajstić information content (AvgIpc) is 3.38. The Morgan fingerprint density at radius 2 is 2.21 bits per heavy atom. The van der Waals surface area contributed by atoms with Gasteiger partial charge in [-0.15, -0.1) is 11.3 Å². The van der Waals surface area contributed by atoms with Crippen LogP contribution in [0.15, 0.2) is 12.3 Å². The normalized spacial score (nSPS) is 24.4. The van der Waals surface area contributed by atoms with E-state index in [9.17, 15) is 9.59 Å². The summed E-state index contributed by atoms with van der Waals surface area (Å²) < 4.78 is 0. The number of primary amides is 1. The van der Waals surface area contributed by atoms with E-state index < -0.39 is 5.91 Å². The van der Waals surface area contributed by atoms with Crippen LogP contribution in [0.4, 0.5) is 11.4 Å². The van der Waals surface area contributed by atoms with Crippen LogP contribution in [0, 0.1) is 5.92 Å². The van der Waals surface area contributed by atoms with E-state index in [1.165, 1.54) is 11.3 Å². The standard InChI is InChI=1S/C19H24N6O2S/c20-17(26)16-15-14-13(4-6-22-18(14)28-16)23-10-25(15)12-2-1-7-24(9-12)19(27)11-3-5-21-8-11/h4,6,11-12,21,23H,1-3,5,7-10H2,(H2,20,26)/t11-,12-/m1/s1. The number of nitrogens with one attached hydrogen (secondary N) is 2. The van der Waals surface area contributed by atoms with Crippen molar-refractivity contribution in [3.05, 3.63) is 17.1 Å². The molecule has 2 aromatic rings. The Morgan fingerprint density at radius 3 is 3.00 bits per heavy atom. The van der Waals surface area contributed by atoms with E-state index in [1.807, 2.05) is 11.0 Å². The fraction of sp³-hybridized carbons (Fsp3) is 0.526. The van der Waals surface area contributed by atoms with Crippen LogP contribution in [0.2, 0.25) is 0 Å². The van der Waals surface area contributed by atoms with Crippen LogP contribution in [0.3, 0.4) is 0 Å². The third-order valence-electron chi connectivity index (χ3n) is 6.08. The van der Waals surface area contributed by atoms with Crippen molar-refractivity contribution < 1.29 is 9.59 Å². The number of likely N-dealkylation sites (tertiary alicyclic amines) is 1. The lowest BCUT2D eigenvalue weighted by molar-refractivity contribution is -0.136. The molecule has 9 heteroatoms. The first-order valence-corrected chi connectivity index (χ1v) is 10.7. The molecule has 0 saturated carbocycles. The molecule has 8 nitrogen and oxygen atoms in total. The monoisotopic (exact) mass is 400 g/mol. The maximum absolute atomic E-state index is 12.9. The Bertz CT molecular complexity index is 938. The molecule has 4 N–H and O–H groups in total. The number of hydrogen-bond donors (Lipinski definition) is 3. The second-order valence-corrected chi connectivity index (χ2v) is 8.76. The van der Waals surface area contributed by atoms with E-state index in [2.05, 4.69) is 20.5 Å². The number of hydrogen-bond acceptors (Lipinski definition) is 7. The lowest BCUT2D eigenvalue weighted by Gasteiger charge is -2.43. The van der Waals surface area contributed by atoms with Gasteiger partial charge in [0.2, 0.25) is 5.91 Å². The molecule has 0 bridgehead atoms. The predicted molar refractivity (Wildman–Crippen MR) is 110 cm³/mol. The van der Waals surface area contributed by atoms with Gasteiger partial charge in [0.25, 0.3) is 5.91 Å². The van der Waals surface area contributed by atoms with Crippen LogP contribution in [0.1, 0.15) is 28.9 Å². The van der Waals surface area contributed by atoms with Crippen molar-refractivity contribution in [3.8, 4) is 0 Å². The minimum Gasteiger partial charge on any atom is -0.367 e. The molecule has 28 heavy (non-hydrogen) atoms. The number of nitrogens with two attached hydrogens (primary N) is 1. The third kappa shape index (κ3) is 2.80. The zero-order valence-corrected chi connectivity index (χ0v) is 16.4. The third-order valence-corrected chi connectivity index (χ3v) is 7.18. The van der Waals surface area contributed by atoms with Crippen molar-refractivity contribution >= 4 is 44.7 Å². The van der Waals surface area contributed by atoms with Gasteiger partial charge in [0, 0.05) is 37.6 Å². The largest absolute Gasteiger partial charge is 0.367 e. The molecule has 148 valence electrons. The van der Waals surface area contributed by atoms with E-state index in [-0.39, 0.29) is 17.9 Å². The second kappa shape index (κ2) is 6.89. The van der Waals surface area contributed by atoms with Crippen LogP contribution >= 0.6 is 11.3 Å². The molecule has 0 radical (unpaired) electrons. The van der Waals surface area contributed by atoms with Gasteiger partial charge >= 0.3 is 0 Å². The van der Waals surface area contributed by atoms with Crippen molar-refractivity contribution in [1.82, 2.24) is 15.2 Å². The highest BCUT2D eigenvalue weighted by molar-refractivity contribution is 7.21. The molecule has 2 atom stereocenters. The molecule has 5 heterocycles. The number of carbonyl (C=O) groups excluding carboxylic acids is 2. The van der Waals surface area contributed by atoms with Crippen molar-refractivity contribution in [2.24, 2.45) is 11.7 Å². The van der Waals surface area contributed by atoms with E-state index in [0.29, 0.717) is 18.1 Å². The second-order valence-electron chi connectivity index (χ2n) is 7.76. The molecule has 0 aromatic carbocycles. The van der Waals surface area contributed by atoms with Crippen LogP contribution in [0.5, 0.6) is 0 Å². The van der Waals surface area contributed by atoms with E-state index in [1.54, 1.807) is 6.20 Å². The molecule has 2 fully saturated rings. The van der Waals surface area contributed by atoms with Gasteiger partial charge in [-0.1, -0.05) is 0 Å². The Balaban J connectivity index is 1.47. The fourth-order valence-electron chi connectivity index (χ4n) is 4.69. The van der Waals surface area contributed by atoms with Gasteiger partial charge in [-0.25, -0.2) is 4.98 Å². The number of carbonyl (C=O) groups is 2. The van der Waals surface area contributed by atoms with Gasteiger partial charge in [0.05, 0.1) is 23.7 Å². The number of nitrogens with zero attached hydrogens (tertiary/aromatic N) is 3. The SMILES string of the molecule is NC(=O)c1sc2nccc3c2c1N([C@@H]1CCCN(C(=O)[C@@H]2CCNC2)C1)CN3. The zero-order valence-electron chi connectivity index (χ0n) is 15.6. The number of thiophene rings is 1. The summed E-state index contributed by atoms with van der Waals surface area (Å²) in [6.45, 7) is 3.79. The van der Waals surface area contributed by atoms with E-state index in [4.69, 9.17) is 5.73 Å². The molecular weight excluding hydrogens is 376 g/mol. The topological polar surface area (TPSA) is 104 Å². The molecule has 2 aromatic heterocycles. The zero-order chi connectivity index (χ0) is 19.3. The number of rotatable bonds is 3. The highest BCUT2D eigenvalue weighted by Gasteiger charge is 2.36. The highest BCUT2D eigenvalue weighted by Crippen LogP contribution is 2.44. The molecule has 5 rings (SSSR count). The van der Waals surface area contributed by atoms with Crippen LogP contribution < -0.4 is 21.3 Å². The summed E-state index contributed by atoms with van der Waals surface area (Å²) in [7, 11) is 0. The Labute approximate surface area is 167 Å². The molecular formula is C19H24N6O2S. The summed E-state index contributed by atoms with van der Waals surface area (Å²) in [5.41, 5.74) is 7.58. The number of aromatic nitrogens is 1. The van der Waals surface area contributed by atoms with Crippen molar-refractivity contribution in [1.29, 1.82) is 0 Å². The predicted octanol–water partition coefficient (Wildman–Crippen LogP) is 1.19. The minimum atomic E-state index is -0.420. The van der Waals surface area contributed by atoms with Crippen molar-refractivity contribution in [3.63, 3.8) is 0 Å². The van der Waals surface area contributed by atoms with Gasteiger partial charge in [0.15, 0.2) is 0 Å². The first-order valence-electron chi connectivity index (χ1n) is 9.85. The van der Waals surface area contributed by atoms with E-state index in [0.717, 1.165) is 60.5 Å². The van der Waals surface area contributed by atoms with Crippen molar-refractivity contribution in [2.45, 2.75) is 25.3 Å². The Kier molecular flexibility index (Phi) is 4.36. The van der Waals surface area contributed by atoms with Crippen molar-refractivity contribution in [2.75, 3.05) is 43.1 Å². The number of pyridine rings is 1. The molecule has 3 aliphatic heterocycles. The molecule has 2 saturated heterocycles. The average molecular weight is 401 g/mol. The van der Waals surface area contributed by atoms with Gasteiger partial charge in [-0.2, -0.15) is 0 Å². The first-order chi connectivity index (χ1) is 13.6. The highest BCUT2D eigenvalue weighted by atomic mass is 32.1. The summed E-state index contributed by atoms with van der Waals surface area (Å²) in [6, 6.07) is 2.09. The molecule has 0 unspecified atom stereocenters. The summed E-state index contributed by atoms with van der Waals surface area (Å²) in [4.78, 5) is 35.1.